The van der Waals surface area contributed by atoms with E-state index in [0.717, 1.165) is 11.3 Å². The molecule has 0 atom stereocenters. The molecular weight excluding hydrogens is 318 g/mol. The number of benzene rings is 1. The van der Waals surface area contributed by atoms with E-state index in [-0.39, 0.29) is 6.61 Å². The molecule has 0 aliphatic rings. The lowest BCUT2D eigenvalue weighted by molar-refractivity contribution is 0.297. The van der Waals surface area contributed by atoms with Crippen LogP contribution in [0.15, 0.2) is 47.1 Å². The van der Waals surface area contributed by atoms with Gasteiger partial charge in [0.1, 0.15) is 18.4 Å². The highest BCUT2D eigenvalue weighted by Crippen LogP contribution is 2.19. The fourth-order valence-corrected chi connectivity index (χ4v) is 2.31. The minimum atomic E-state index is 0.241. The first kappa shape index (κ1) is 16.6. The smallest absolute Gasteiger partial charge is 0.223 e. The Bertz CT molecular complexity index is 885. The lowest BCUT2D eigenvalue weighted by Crippen LogP contribution is -2.14. The molecule has 0 bridgehead atoms. The van der Waals surface area contributed by atoms with Crippen molar-refractivity contribution in [1.82, 2.24) is 20.4 Å². The summed E-state index contributed by atoms with van der Waals surface area (Å²) in [5.41, 5.74) is 2.14. The van der Waals surface area contributed by atoms with Gasteiger partial charge >= 0.3 is 0 Å². The van der Waals surface area contributed by atoms with Crippen molar-refractivity contribution in [3.8, 4) is 11.8 Å². The number of aryl methyl sites for hydroxylation is 1. The van der Waals surface area contributed by atoms with Gasteiger partial charge in [-0.15, -0.1) is 0 Å². The van der Waals surface area contributed by atoms with Gasteiger partial charge in [0, 0.05) is 25.2 Å². The Morgan fingerprint density at radius 3 is 2.88 bits per heavy atom. The van der Waals surface area contributed by atoms with E-state index in [1.165, 1.54) is 0 Å². The Labute approximate surface area is 145 Å². The standard InChI is InChI=1S/C18H17N5O2/c1-13-22-18(23-25-13)11-20-10-15-5-2-3-7-17(15)24-12-16-14(9-19)6-4-8-21-16/h2-8,20H,10-12H2,1H3. The number of para-hydroxylation sites is 1. The van der Waals surface area contributed by atoms with Crippen LogP contribution >= 0.6 is 0 Å². The highest BCUT2D eigenvalue weighted by Gasteiger charge is 2.08. The average molecular weight is 335 g/mol. The Hall–Kier alpha value is -3.24. The summed E-state index contributed by atoms with van der Waals surface area (Å²) >= 11 is 0. The summed E-state index contributed by atoms with van der Waals surface area (Å²) < 4.78 is 10.8. The molecule has 3 aromatic rings. The van der Waals surface area contributed by atoms with Crippen LogP contribution in [-0.2, 0) is 19.7 Å². The number of nitrogens with one attached hydrogen (secondary N) is 1. The maximum absolute atomic E-state index is 9.12. The first-order valence-corrected chi connectivity index (χ1v) is 7.81. The maximum atomic E-state index is 9.12. The van der Waals surface area contributed by atoms with E-state index in [9.17, 15) is 0 Å². The van der Waals surface area contributed by atoms with Crippen LogP contribution in [0.25, 0.3) is 0 Å². The summed E-state index contributed by atoms with van der Waals surface area (Å²) in [5, 5.41) is 16.2. The van der Waals surface area contributed by atoms with E-state index >= 15 is 0 Å². The van der Waals surface area contributed by atoms with E-state index < -0.39 is 0 Å². The van der Waals surface area contributed by atoms with Crippen molar-refractivity contribution >= 4 is 0 Å². The molecule has 0 unspecified atom stereocenters. The molecule has 2 heterocycles. The van der Waals surface area contributed by atoms with Crippen molar-refractivity contribution in [1.29, 1.82) is 5.26 Å². The van der Waals surface area contributed by atoms with Crippen molar-refractivity contribution in [2.75, 3.05) is 0 Å². The zero-order chi connectivity index (χ0) is 17.5. The molecule has 1 aromatic carbocycles. The number of nitrogens with zero attached hydrogens (tertiary/aromatic N) is 4. The lowest BCUT2D eigenvalue weighted by atomic mass is 10.2. The van der Waals surface area contributed by atoms with Gasteiger partial charge in [-0.25, -0.2) is 0 Å². The Morgan fingerprint density at radius 2 is 2.08 bits per heavy atom. The summed E-state index contributed by atoms with van der Waals surface area (Å²) in [7, 11) is 0. The minimum absolute atomic E-state index is 0.241. The highest BCUT2D eigenvalue weighted by molar-refractivity contribution is 5.35. The summed E-state index contributed by atoms with van der Waals surface area (Å²) in [6, 6.07) is 13.3. The van der Waals surface area contributed by atoms with Crippen molar-refractivity contribution in [3.63, 3.8) is 0 Å². The first-order valence-electron chi connectivity index (χ1n) is 7.81. The van der Waals surface area contributed by atoms with Crippen LogP contribution in [0.5, 0.6) is 5.75 Å². The van der Waals surface area contributed by atoms with Gasteiger partial charge in [-0.2, -0.15) is 10.2 Å². The molecule has 0 fully saturated rings. The molecule has 25 heavy (non-hydrogen) atoms. The van der Waals surface area contributed by atoms with Crippen molar-refractivity contribution in [2.24, 2.45) is 0 Å². The third-order valence-corrected chi connectivity index (χ3v) is 3.52. The van der Waals surface area contributed by atoms with Crippen molar-refractivity contribution in [2.45, 2.75) is 26.6 Å². The van der Waals surface area contributed by atoms with E-state index in [0.29, 0.717) is 36.1 Å². The molecule has 3 rings (SSSR count). The molecule has 0 radical (unpaired) electrons. The van der Waals surface area contributed by atoms with Gasteiger partial charge in [0.15, 0.2) is 5.82 Å². The third-order valence-electron chi connectivity index (χ3n) is 3.52. The Morgan fingerprint density at radius 1 is 1.20 bits per heavy atom. The van der Waals surface area contributed by atoms with Crippen LogP contribution in [-0.4, -0.2) is 15.1 Å². The molecule has 0 aliphatic carbocycles. The predicted molar refractivity (Wildman–Crippen MR) is 89.3 cm³/mol. The summed E-state index contributed by atoms with van der Waals surface area (Å²) in [6.07, 6.45) is 1.65. The molecule has 0 saturated heterocycles. The van der Waals surface area contributed by atoms with Crippen LogP contribution in [0.1, 0.15) is 28.5 Å². The van der Waals surface area contributed by atoms with E-state index in [2.05, 4.69) is 26.5 Å². The number of rotatable bonds is 7. The van der Waals surface area contributed by atoms with Gasteiger partial charge in [-0.1, -0.05) is 23.4 Å². The fraction of sp³-hybridized carbons (Fsp3) is 0.222. The molecule has 0 aliphatic heterocycles. The molecule has 126 valence electrons. The molecule has 7 nitrogen and oxygen atoms in total. The first-order chi connectivity index (χ1) is 12.3. The van der Waals surface area contributed by atoms with Gasteiger partial charge in [0.25, 0.3) is 0 Å². The summed E-state index contributed by atoms with van der Waals surface area (Å²) in [5.74, 6) is 1.90. The quantitative estimate of drug-likeness (QED) is 0.708. The highest BCUT2D eigenvalue weighted by atomic mass is 16.5. The van der Waals surface area contributed by atoms with Crippen molar-refractivity contribution in [3.05, 3.63) is 71.1 Å². The molecule has 0 saturated carbocycles. The van der Waals surface area contributed by atoms with Gasteiger partial charge in [-0.3, -0.25) is 4.98 Å². The Balaban J connectivity index is 1.61. The van der Waals surface area contributed by atoms with Gasteiger partial charge in [0.05, 0.1) is 17.8 Å². The fourth-order valence-electron chi connectivity index (χ4n) is 2.31. The molecule has 0 spiro atoms. The Kier molecular flexibility index (Phi) is 5.34. The van der Waals surface area contributed by atoms with Crippen LogP contribution in [0.4, 0.5) is 0 Å². The van der Waals surface area contributed by atoms with Crippen LogP contribution < -0.4 is 10.1 Å². The molecule has 7 heteroatoms. The average Bonchev–Trinajstić information content (AvgIpc) is 3.06. The molecule has 0 amide bonds. The topological polar surface area (TPSA) is 96.9 Å². The largest absolute Gasteiger partial charge is 0.487 e. The summed E-state index contributed by atoms with van der Waals surface area (Å²) in [6.45, 7) is 3.10. The number of hydrogen-bond donors (Lipinski definition) is 1. The number of aromatic nitrogens is 3. The monoisotopic (exact) mass is 335 g/mol. The second-order valence-corrected chi connectivity index (χ2v) is 5.34. The zero-order valence-electron chi connectivity index (χ0n) is 13.8. The third kappa shape index (κ3) is 4.40. The minimum Gasteiger partial charge on any atom is -0.487 e. The lowest BCUT2D eigenvalue weighted by Gasteiger charge is -2.12. The van der Waals surface area contributed by atoms with Crippen LogP contribution in [0.2, 0.25) is 0 Å². The number of pyridine rings is 1. The van der Waals surface area contributed by atoms with Crippen LogP contribution in [0.3, 0.4) is 0 Å². The molecule has 2 aromatic heterocycles. The van der Waals surface area contributed by atoms with E-state index in [1.54, 1.807) is 25.3 Å². The van der Waals surface area contributed by atoms with Gasteiger partial charge < -0.3 is 14.6 Å². The number of hydrogen-bond acceptors (Lipinski definition) is 7. The van der Waals surface area contributed by atoms with Crippen LogP contribution in [0, 0.1) is 18.3 Å². The SMILES string of the molecule is Cc1nc(CNCc2ccccc2OCc2ncccc2C#N)no1. The van der Waals surface area contributed by atoms with E-state index in [1.807, 2.05) is 24.3 Å². The summed E-state index contributed by atoms with van der Waals surface area (Å²) in [4.78, 5) is 8.36. The molecule has 1 N–H and O–H groups in total. The normalized spacial score (nSPS) is 10.4. The van der Waals surface area contributed by atoms with E-state index in [4.69, 9.17) is 14.5 Å². The predicted octanol–water partition coefficient (Wildman–Crippen LogP) is 2.51. The maximum Gasteiger partial charge on any atom is 0.223 e. The van der Waals surface area contributed by atoms with Crippen molar-refractivity contribution < 1.29 is 9.26 Å². The molecular formula is C18H17N5O2. The zero-order valence-corrected chi connectivity index (χ0v) is 13.8. The van der Waals surface area contributed by atoms with Gasteiger partial charge in [0.2, 0.25) is 5.89 Å². The second kappa shape index (κ2) is 8.04. The van der Waals surface area contributed by atoms with Gasteiger partial charge in [-0.05, 0) is 18.2 Å². The number of ether oxygens (including phenoxy) is 1. The second-order valence-electron chi connectivity index (χ2n) is 5.34. The number of nitriles is 1.